The van der Waals surface area contributed by atoms with Crippen LogP contribution in [0.15, 0.2) is 48.5 Å². The fraction of sp³-hybridized carbons (Fsp3) is 0.263. The molecule has 1 atom stereocenters. The molecule has 1 unspecified atom stereocenters. The van der Waals surface area contributed by atoms with E-state index in [-0.39, 0.29) is 12.6 Å². The third kappa shape index (κ3) is 5.04. The van der Waals surface area contributed by atoms with Crippen molar-refractivity contribution in [2.75, 3.05) is 6.54 Å². The van der Waals surface area contributed by atoms with Crippen molar-refractivity contribution in [1.29, 1.82) is 0 Å². The summed E-state index contributed by atoms with van der Waals surface area (Å²) in [6, 6.07) is 11.9. The molecule has 0 saturated heterocycles. The normalized spacial score (nSPS) is 11.8. The highest BCUT2D eigenvalue weighted by atomic mass is 19.1. The van der Waals surface area contributed by atoms with Crippen LogP contribution in [0.3, 0.4) is 0 Å². The predicted molar refractivity (Wildman–Crippen MR) is 91.3 cm³/mol. The Hall–Kier alpha value is -2.89. The number of carbonyl (C=O) groups is 2. The van der Waals surface area contributed by atoms with Gasteiger partial charge in [-0.1, -0.05) is 24.3 Å². The van der Waals surface area contributed by atoms with Crippen LogP contribution in [0.5, 0.6) is 5.75 Å². The van der Waals surface area contributed by atoms with Gasteiger partial charge in [0.15, 0.2) is 0 Å². The van der Waals surface area contributed by atoms with Crippen LogP contribution in [0.4, 0.5) is 4.39 Å². The number of hydrogen-bond acceptors (Lipinski definition) is 3. The smallest absolute Gasteiger partial charge is 0.312 e. The van der Waals surface area contributed by atoms with Crippen molar-refractivity contribution < 1.29 is 23.8 Å². The zero-order valence-corrected chi connectivity index (χ0v) is 14.0. The van der Waals surface area contributed by atoms with Crippen molar-refractivity contribution in [1.82, 2.24) is 5.32 Å². The van der Waals surface area contributed by atoms with Crippen LogP contribution < -0.4 is 10.1 Å². The van der Waals surface area contributed by atoms with Crippen LogP contribution in [0.2, 0.25) is 0 Å². The Balaban J connectivity index is 2.12. The average molecular weight is 345 g/mol. The number of carboxylic acids is 1. The lowest BCUT2D eigenvalue weighted by Gasteiger charge is -2.16. The van der Waals surface area contributed by atoms with Gasteiger partial charge in [-0.25, -0.2) is 4.39 Å². The lowest BCUT2D eigenvalue weighted by atomic mass is 9.99. The van der Waals surface area contributed by atoms with Crippen LogP contribution in [0, 0.1) is 5.82 Å². The third-order valence-electron chi connectivity index (χ3n) is 3.53. The number of benzene rings is 2. The predicted octanol–water partition coefficient (Wildman–Crippen LogP) is 3.21. The summed E-state index contributed by atoms with van der Waals surface area (Å²) in [5.41, 5.74) is 0.750. The number of carboxylic acid groups (broad SMARTS) is 1. The molecule has 2 rings (SSSR count). The maximum absolute atomic E-state index is 13.0. The van der Waals surface area contributed by atoms with E-state index >= 15 is 0 Å². The minimum atomic E-state index is -1.10. The molecule has 0 heterocycles. The van der Waals surface area contributed by atoms with E-state index in [2.05, 4.69) is 5.32 Å². The number of nitrogens with one attached hydrogen (secondary N) is 1. The molecule has 0 spiro atoms. The molecule has 0 aliphatic heterocycles. The number of halogens is 1. The minimum absolute atomic E-state index is 0.0973. The Morgan fingerprint density at radius 2 is 1.76 bits per heavy atom. The first-order valence-corrected chi connectivity index (χ1v) is 7.90. The molecule has 2 aromatic carbocycles. The second-order valence-electron chi connectivity index (χ2n) is 5.82. The zero-order chi connectivity index (χ0) is 18.4. The number of carbonyl (C=O) groups excluding carboxylic acids is 1. The molecule has 0 aliphatic rings. The number of para-hydroxylation sites is 1. The van der Waals surface area contributed by atoms with Crippen molar-refractivity contribution in [3.63, 3.8) is 0 Å². The first-order chi connectivity index (χ1) is 11.9. The Labute approximate surface area is 145 Å². The molecular weight excluding hydrogens is 325 g/mol. The first kappa shape index (κ1) is 18.4. The molecule has 132 valence electrons. The molecule has 2 N–H and O–H groups in total. The number of amides is 1. The molecule has 0 saturated carbocycles. The molecule has 6 heteroatoms. The summed E-state index contributed by atoms with van der Waals surface area (Å²) in [7, 11) is 0. The standard InChI is InChI=1S/C19H20FNO4/c1-12(2)25-17-6-4-3-5-15(17)18(22)21-11-16(19(23)24)13-7-9-14(20)10-8-13/h3-10,12,16H,11H2,1-2H3,(H,21,22)(H,23,24). The molecule has 5 nitrogen and oxygen atoms in total. The lowest BCUT2D eigenvalue weighted by molar-refractivity contribution is -0.138. The molecular formula is C19H20FNO4. The molecule has 0 aliphatic carbocycles. The van der Waals surface area contributed by atoms with Crippen LogP contribution in [0.25, 0.3) is 0 Å². The maximum atomic E-state index is 13.0. The van der Waals surface area contributed by atoms with Gasteiger partial charge in [-0.2, -0.15) is 0 Å². The topological polar surface area (TPSA) is 75.6 Å². The van der Waals surface area contributed by atoms with Gasteiger partial charge < -0.3 is 15.2 Å². The number of rotatable bonds is 7. The summed E-state index contributed by atoms with van der Waals surface area (Å²) in [4.78, 5) is 23.9. The molecule has 2 aromatic rings. The van der Waals surface area contributed by atoms with E-state index in [1.165, 1.54) is 24.3 Å². The summed E-state index contributed by atoms with van der Waals surface area (Å²) in [6.07, 6.45) is -0.0973. The lowest BCUT2D eigenvalue weighted by Crippen LogP contribution is -2.32. The Bertz CT molecular complexity index is 743. The summed E-state index contributed by atoms with van der Waals surface area (Å²) in [5, 5.41) is 12.0. The molecule has 0 radical (unpaired) electrons. The second-order valence-corrected chi connectivity index (χ2v) is 5.82. The molecule has 1 amide bonds. The molecule has 0 aromatic heterocycles. The van der Waals surface area contributed by atoms with Gasteiger partial charge in [0, 0.05) is 6.54 Å². The molecule has 0 bridgehead atoms. The number of hydrogen-bond donors (Lipinski definition) is 2. The molecule has 0 fully saturated rings. The number of aliphatic carboxylic acids is 1. The van der Waals surface area contributed by atoms with Gasteiger partial charge in [0.05, 0.1) is 17.6 Å². The Kier molecular flexibility index (Phi) is 6.11. The largest absolute Gasteiger partial charge is 0.490 e. The van der Waals surface area contributed by atoms with E-state index in [0.717, 1.165) is 0 Å². The van der Waals surface area contributed by atoms with Crippen LogP contribution in [-0.4, -0.2) is 29.6 Å². The third-order valence-corrected chi connectivity index (χ3v) is 3.53. The van der Waals surface area contributed by atoms with Crippen LogP contribution >= 0.6 is 0 Å². The van der Waals surface area contributed by atoms with Crippen molar-refractivity contribution in [2.24, 2.45) is 0 Å². The van der Waals surface area contributed by atoms with Crippen molar-refractivity contribution in [3.8, 4) is 5.75 Å². The minimum Gasteiger partial charge on any atom is -0.490 e. The van der Waals surface area contributed by atoms with E-state index in [9.17, 15) is 19.1 Å². The first-order valence-electron chi connectivity index (χ1n) is 7.90. The van der Waals surface area contributed by atoms with Crippen molar-refractivity contribution in [2.45, 2.75) is 25.9 Å². The Morgan fingerprint density at radius 1 is 1.12 bits per heavy atom. The fourth-order valence-electron chi connectivity index (χ4n) is 2.34. The van der Waals surface area contributed by atoms with E-state index in [4.69, 9.17) is 4.74 Å². The Morgan fingerprint density at radius 3 is 2.36 bits per heavy atom. The van der Waals surface area contributed by atoms with Gasteiger partial charge in [-0.3, -0.25) is 9.59 Å². The summed E-state index contributed by atoms with van der Waals surface area (Å²) in [6.45, 7) is 3.59. The SMILES string of the molecule is CC(C)Oc1ccccc1C(=O)NCC(C(=O)O)c1ccc(F)cc1. The van der Waals surface area contributed by atoms with Gasteiger partial charge in [-0.15, -0.1) is 0 Å². The monoisotopic (exact) mass is 345 g/mol. The van der Waals surface area contributed by atoms with Crippen molar-refractivity contribution >= 4 is 11.9 Å². The maximum Gasteiger partial charge on any atom is 0.312 e. The van der Waals surface area contributed by atoms with Crippen molar-refractivity contribution in [3.05, 3.63) is 65.5 Å². The fourth-order valence-corrected chi connectivity index (χ4v) is 2.34. The second kappa shape index (κ2) is 8.28. The van der Waals surface area contributed by atoms with Gasteiger partial charge in [0.25, 0.3) is 5.91 Å². The highest BCUT2D eigenvalue weighted by Gasteiger charge is 2.22. The van der Waals surface area contributed by atoms with Crippen LogP contribution in [0.1, 0.15) is 35.7 Å². The van der Waals surface area contributed by atoms with E-state index in [1.807, 2.05) is 13.8 Å². The highest BCUT2D eigenvalue weighted by Crippen LogP contribution is 2.20. The van der Waals surface area contributed by atoms with Gasteiger partial charge in [0.2, 0.25) is 0 Å². The average Bonchev–Trinajstić information content (AvgIpc) is 2.56. The van der Waals surface area contributed by atoms with Crippen LogP contribution in [-0.2, 0) is 4.79 Å². The summed E-state index contributed by atoms with van der Waals surface area (Å²) < 4.78 is 18.6. The summed E-state index contributed by atoms with van der Waals surface area (Å²) in [5.74, 6) is -2.51. The number of ether oxygens (including phenoxy) is 1. The van der Waals surface area contributed by atoms with E-state index in [1.54, 1.807) is 24.3 Å². The highest BCUT2D eigenvalue weighted by molar-refractivity contribution is 5.97. The van der Waals surface area contributed by atoms with Gasteiger partial charge in [0.1, 0.15) is 11.6 Å². The zero-order valence-electron chi connectivity index (χ0n) is 14.0. The van der Waals surface area contributed by atoms with Gasteiger partial charge >= 0.3 is 5.97 Å². The quantitative estimate of drug-likeness (QED) is 0.808. The summed E-state index contributed by atoms with van der Waals surface area (Å²) >= 11 is 0. The van der Waals surface area contributed by atoms with Gasteiger partial charge in [-0.05, 0) is 43.7 Å². The van der Waals surface area contributed by atoms with E-state index < -0.39 is 23.6 Å². The van der Waals surface area contributed by atoms with E-state index in [0.29, 0.717) is 16.9 Å². The molecule has 25 heavy (non-hydrogen) atoms.